The van der Waals surface area contributed by atoms with E-state index in [0.717, 1.165) is 18.2 Å². The van der Waals surface area contributed by atoms with Gasteiger partial charge in [-0.1, -0.05) is 11.6 Å². The van der Waals surface area contributed by atoms with Crippen molar-refractivity contribution in [2.75, 3.05) is 4.72 Å². The predicted octanol–water partition coefficient (Wildman–Crippen LogP) is 4.44. The molecule has 0 aliphatic rings. The quantitative estimate of drug-likeness (QED) is 0.811. The highest BCUT2D eigenvalue weighted by atomic mass is 35.5. The lowest BCUT2D eigenvalue weighted by Crippen LogP contribution is -2.15. The fourth-order valence-corrected chi connectivity index (χ4v) is 3.29. The van der Waals surface area contributed by atoms with Gasteiger partial charge in [0.15, 0.2) is 0 Å². The Balaban J connectivity index is 2.43. The average Bonchev–Trinajstić information content (AvgIpc) is 2.35. The van der Waals surface area contributed by atoms with Gasteiger partial charge >= 0.3 is 6.18 Å². The third-order valence-corrected chi connectivity index (χ3v) is 4.52. The maximum Gasteiger partial charge on any atom is 0.416 e. The normalized spacial score (nSPS) is 12.3. The van der Waals surface area contributed by atoms with Gasteiger partial charge < -0.3 is 0 Å². The maximum absolute atomic E-state index is 13.3. The third kappa shape index (κ3) is 4.11. The van der Waals surface area contributed by atoms with Crippen LogP contribution in [0.1, 0.15) is 5.56 Å². The van der Waals surface area contributed by atoms with Crippen LogP contribution in [0.3, 0.4) is 0 Å². The van der Waals surface area contributed by atoms with E-state index >= 15 is 0 Å². The van der Waals surface area contributed by atoms with Gasteiger partial charge in [-0.15, -0.1) is 0 Å². The first-order valence-corrected chi connectivity index (χ1v) is 7.71. The Kier molecular flexibility index (Phi) is 4.54. The molecule has 0 radical (unpaired) electrons. The fraction of sp³-hybridized carbons (Fsp3) is 0.0769. The highest BCUT2D eigenvalue weighted by Crippen LogP contribution is 2.32. The van der Waals surface area contributed by atoms with E-state index < -0.39 is 49.0 Å². The highest BCUT2D eigenvalue weighted by Gasteiger charge is 2.32. The standard InChI is InChI=1S/C13H7ClF5NO2S/c14-11-6-8(15)1-2-12(11)23(21,22)20-10-4-7(13(17,18)19)3-9(16)5-10/h1-6,20H. The molecule has 0 aromatic heterocycles. The Hall–Kier alpha value is -1.87. The summed E-state index contributed by atoms with van der Waals surface area (Å²) in [5, 5.41) is -0.468. The van der Waals surface area contributed by atoms with Crippen molar-refractivity contribution in [1.82, 2.24) is 0 Å². The van der Waals surface area contributed by atoms with Gasteiger partial charge in [-0.3, -0.25) is 4.72 Å². The lowest BCUT2D eigenvalue weighted by atomic mass is 10.2. The summed E-state index contributed by atoms with van der Waals surface area (Å²) in [6.07, 6.45) is -4.85. The van der Waals surface area contributed by atoms with Crippen molar-refractivity contribution >= 4 is 27.3 Å². The average molecular weight is 372 g/mol. The first kappa shape index (κ1) is 17.5. The van der Waals surface area contributed by atoms with Crippen LogP contribution in [0.25, 0.3) is 0 Å². The number of benzene rings is 2. The van der Waals surface area contributed by atoms with Crippen LogP contribution in [0, 0.1) is 11.6 Å². The van der Waals surface area contributed by atoms with Crippen LogP contribution < -0.4 is 4.72 Å². The summed E-state index contributed by atoms with van der Waals surface area (Å²) in [7, 11) is -4.42. The molecule has 0 spiro atoms. The zero-order valence-corrected chi connectivity index (χ0v) is 12.5. The van der Waals surface area contributed by atoms with Crippen LogP contribution >= 0.6 is 11.6 Å². The molecule has 0 unspecified atom stereocenters. The molecule has 0 aliphatic carbocycles. The molecule has 0 saturated carbocycles. The molecule has 0 saturated heterocycles. The number of alkyl halides is 3. The second-order valence-corrected chi connectivity index (χ2v) is 6.46. The van der Waals surface area contributed by atoms with E-state index in [1.54, 1.807) is 4.72 Å². The summed E-state index contributed by atoms with van der Waals surface area (Å²) in [6.45, 7) is 0. The van der Waals surface area contributed by atoms with Gasteiger partial charge in [-0.2, -0.15) is 13.2 Å². The molecule has 23 heavy (non-hydrogen) atoms. The minimum absolute atomic E-state index is 0.225. The number of anilines is 1. The van der Waals surface area contributed by atoms with E-state index in [1.165, 1.54) is 0 Å². The van der Waals surface area contributed by atoms with Gasteiger partial charge in [0.05, 0.1) is 16.3 Å². The molecule has 3 nitrogen and oxygen atoms in total. The molecule has 124 valence electrons. The number of rotatable bonds is 3. The molecule has 0 bridgehead atoms. The summed E-state index contributed by atoms with van der Waals surface area (Å²) >= 11 is 5.60. The van der Waals surface area contributed by atoms with Crippen molar-refractivity contribution in [3.8, 4) is 0 Å². The van der Waals surface area contributed by atoms with E-state index in [0.29, 0.717) is 12.1 Å². The van der Waals surface area contributed by atoms with Crippen molar-refractivity contribution < 1.29 is 30.4 Å². The van der Waals surface area contributed by atoms with E-state index in [9.17, 15) is 30.4 Å². The topological polar surface area (TPSA) is 46.2 Å². The van der Waals surface area contributed by atoms with E-state index in [4.69, 9.17) is 11.6 Å². The second kappa shape index (κ2) is 5.97. The summed E-state index contributed by atoms with van der Waals surface area (Å²) < 4.78 is 89.9. The summed E-state index contributed by atoms with van der Waals surface area (Å²) in [6, 6.07) is 3.60. The van der Waals surface area contributed by atoms with Crippen LogP contribution in [0.4, 0.5) is 27.6 Å². The van der Waals surface area contributed by atoms with Crippen LogP contribution in [0.15, 0.2) is 41.3 Å². The third-order valence-electron chi connectivity index (χ3n) is 2.66. The van der Waals surface area contributed by atoms with Crippen molar-refractivity contribution in [1.29, 1.82) is 0 Å². The lowest BCUT2D eigenvalue weighted by Gasteiger charge is -2.12. The summed E-state index contributed by atoms with van der Waals surface area (Å²) in [4.78, 5) is -0.557. The van der Waals surface area contributed by atoms with Gasteiger partial charge in [0.1, 0.15) is 16.5 Å². The molecule has 0 amide bonds. The van der Waals surface area contributed by atoms with E-state index in [2.05, 4.69) is 0 Å². The van der Waals surface area contributed by atoms with Gasteiger partial charge in [0, 0.05) is 0 Å². The first-order valence-electron chi connectivity index (χ1n) is 5.85. The number of hydrogen-bond acceptors (Lipinski definition) is 2. The number of halogens is 6. The van der Waals surface area contributed by atoms with E-state index in [1.807, 2.05) is 0 Å². The fourth-order valence-electron chi connectivity index (χ4n) is 1.72. The molecular weight excluding hydrogens is 365 g/mol. The Morgan fingerprint density at radius 1 is 0.957 bits per heavy atom. The smallest absolute Gasteiger partial charge is 0.279 e. The Morgan fingerprint density at radius 3 is 2.17 bits per heavy atom. The molecule has 2 aromatic rings. The number of sulfonamides is 1. The molecule has 0 atom stereocenters. The van der Waals surface area contributed by atoms with Crippen LogP contribution in [0.5, 0.6) is 0 Å². The number of nitrogens with one attached hydrogen (secondary N) is 1. The lowest BCUT2D eigenvalue weighted by molar-refractivity contribution is -0.137. The zero-order chi connectivity index (χ0) is 17.4. The van der Waals surface area contributed by atoms with Crippen molar-refractivity contribution in [3.05, 3.63) is 58.6 Å². The van der Waals surface area contributed by atoms with E-state index in [-0.39, 0.29) is 6.07 Å². The van der Waals surface area contributed by atoms with Crippen molar-refractivity contribution in [2.45, 2.75) is 11.1 Å². The highest BCUT2D eigenvalue weighted by molar-refractivity contribution is 7.92. The van der Waals surface area contributed by atoms with Crippen molar-refractivity contribution in [3.63, 3.8) is 0 Å². The van der Waals surface area contributed by atoms with Crippen LogP contribution in [0.2, 0.25) is 5.02 Å². The molecule has 10 heteroatoms. The van der Waals surface area contributed by atoms with Crippen LogP contribution in [-0.2, 0) is 16.2 Å². The molecular formula is C13H7ClF5NO2S. The Bertz CT molecular complexity index is 852. The largest absolute Gasteiger partial charge is 0.416 e. The molecule has 0 aliphatic heterocycles. The van der Waals surface area contributed by atoms with Crippen LogP contribution in [-0.4, -0.2) is 8.42 Å². The second-order valence-electron chi connectivity index (χ2n) is 4.41. The van der Waals surface area contributed by atoms with Gasteiger partial charge in [-0.05, 0) is 36.4 Å². The Morgan fingerprint density at radius 2 is 1.61 bits per heavy atom. The minimum Gasteiger partial charge on any atom is -0.279 e. The molecule has 0 fully saturated rings. The number of hydrogen-bond donors (Lipinski definition) is 1. The zero-order valence-electron chi connectivity index (χ0n) is 11.0. The first-order chi connectivity index (χ1) is 10.5. The monoisotopic (exact) mass is 371 g/mol. The molecule has 2 rings (SSSR count). The minimum atomic E-state index is -4.85. The van der Waals surface area contributed by atoms with Crippen molar-refractivity contribution in [2.24, 2.45) is 0 Å². The maximum atomic E-state index is 13.3. The van der Waals surface area contributed by atoms with Gasteiger partial charge in [0.2, 0.25) is 0 Å². The molecule has 1 N–H and O–H groups in total. The Labute approximate surface area is 132 Å². The van der Waals surface area contributed by atoms with Gasteiger partial charge in [-0.25, -0.2) is 17.2 Å². The predicted molar refractivity (Wildman–Crippen MR) is 73.6 cm³/mol. The summed E-state index contributed by atoms with van der Waals surface area (Å²) in [5.41, 5.74) is -2.00. The summed E-state index contributed by atoms with van der Waals surface area (Å²) in [5.74, 6) is -2.07. The molecule has 0 heterocycles. The van der Waals surface area contributed by atoms with Gasteiger partial charge in [0.25, 0.3) is 10.0 Å². The molecule has 2 aromatic carbocycles. The SMILES string of the molecule is O=S(=O)(Nc1cc(F)cc(C(F)(F)F)c1)c1ccc(F)cc1Cl.